The second-order valence-electron chi connectivity index (χ2n) is 7.46. The van der Waals surface area contributed by atoms with Gasteiger partial charge in [0, 0.05) is 24.4 Å². The molecule has 0 bridgehead atoms. The van der Waals surface area contributed by atoms with Crippen molar-refractivity contribution in [1.82, 2.24) is 4.57 Å². The molecule has 4 aromatic rings. The molecule has 0 aliphatic carbocycles. The van der Waals surface area contributed by atoms with Gasteiger partial charge in [-0.15, -0.1) is 0 Å². The van der Waals surface area contributed by atoms with Gasteiger partial charge in [0.15, 0.2) is 0 Å². The van der Waals surface area contributed by atoms with Crippen LogP contribution in [-0.2, 0) is 13.0 Å². The lowest BCUT2D eigenvalue weighted by Crippen LogP contribution is -2.08. The van der Waals surface area contributed by atoms with E-state index in [0.29, 0.717) is 6.42 Å². The number of aryl methyl sites for hydroxylation is 1. The molecule has 0 atom stereocenters. The Morgan fingerprint density at radius 2 is 1.57 bits per heavy atom. The topological polar surface area (TPSA) is 37.9 Å². The summed E-state index contributed by atoms with van der Waals surface area (Å²) in [7, 11) is 1.67. The minimum atomic E-state index is 0.686. The summed E-state index contributed by atoms with van der Waals surface area (Å²) in [6, 6.07) is 31.4. The number of benzene rings is 3. The SMILES string of the molecule is COc1ccc(Cc2c(C#N)cc(-c3ccc(C)cc3)n2Cc2ccccc2)cc1. The van der Waals surface area contributed by atoms with E-state index in [1.165, 1.54) is 11.1 Å². The average molecular weight is 393 g/mol. The second kappa shape index (κ2) is 8.71. The Morgan fingerprint density at radius 3 is 2.20 bits per heavy atom. The quantitative estimate of drug-likeness (QED) is 0.405. The number of nitrogens with zero attached hydrogens (tertiary/aromatic N) is 2. The molecule has 1 aromatic heterocycles. The highest BCUT2D eigenvalue weighted by Crippen LogP contribution is 2.29. The van der Waals surface area contributed by atoms with E-state index in [1.807, 2.05) is 24.3 Å². The molecule has 3 aromatic carbocycles. The molecule has 1 heterocycles. The van der Waals surface area contributed by atoms with Crippen LogP contribution in [0.4, 0.5) is 0 Å². The zero-order valence-corrected chi connectivity index (χ0v) is 17.3. The Labute approximate surface area is 177 Å². The summed E-state index contributed by atoms with van der Waals surface area (Å²) in [5.41, 5.74) is 7.52. The minimum absolute atomic E-state index is 0.686. The van der Waals surface area contributed by atoms with Crippen LogP contribution in [0.3, 0.4) is 0 Å². The van der Waals surface area contributed by atoms with Crippen LogP contribution in [0.5, 0.6) is 5.75 Å². The largest absolute Gasteiger partial charge is 0.497 e. The zero-order valence-electron chi connectivity index (χ0n) is 17.3. The minimum Gasteiger partial charge on any atom is -0.497 e. The summed E-state index contributed by atoms with van der Waals surface area (Å²) < 4.78 is 7.56. The summed E-state index contributed by atoms with van der Waals surface area (Å²) >= 11 is 0. The van der Waals surface area contributed by atoms with E-state index in [1.54, 1.807) is 7.11 Å². The van der Waals surface area contributed by atoms with Crippen LogP contribution in [0.1, 0.15) is 27.9 Å². The Balaban J connectivity index is 1.82. The summed E-state index contributed by atoms with van der Waals surface area (Å²) in [4.78, 5) is 0. The molecule has 0 unspecified atom stereocenters. The van der Waals surface area contributed by atoms with E-state index in [-0.39, 0.29) is 0 Å². The van der Waals surface area contributed by atoms with Crippen molar-refractivity contribution in [2.24, 2.45) is 0 Å². The second-order valence-corrected chi connectivity index (χ2v) is 7.46. The van der Waals surface area contributed by atoms with Gasteiger partial charge in [0.1, 0.15) is 11.8 Å². The van der Waals surface area contributed by atoms with E-state index in [2.05, 4.69) is 78.2 Å². The van der Waals surface area contributed by atoms with Crippen molar-refractivity contribution in [3.05, 3.63) is 113 Å². The first-order valence-electron chi connectivity index (χ1n) is 10.0. The molecule has 30 heavy (non-hydrogen) atoms. The molecule has 0 N–H and O–H groups in total. The van der Waals surface area contributed by atoms with E-state index in [9.17, 15) is 5.26 Å². The molecule has 4 rings (SSSR count). The summed E-state index contributed by atoms with van der Waals surface area (Å²) in [6.07, 6.45) is 0.686. The first kappa shape index (κ1) is 19.5. The van der Waals surface area contributed by atoms with Crippen LogP contribution in [0, 0.1) is 18.3 Å². The molecule has 0 spiro atoms. The molecule has 3 heteroatoms. The third-order valence-corrected chi connectivity index (χ3v) is 5.39. The Bertz CT molecular complexity index is 1160. The Kier molecular flexibility index (Phi) is 5.68. The zero-order chi connectivity index (χ0) is 20.9. The smallest absolute Gasteiger partial charge is 0.118 e. The van der Waals surface area contributed by atoms with Crippen molar-refractivity contribution in [2.45, 2.75) is 19.9 Å². The van der Waals surface area contributed by atoms with Gasteiger partial charge in [0.2, 0.25) is 0 Å². The number of aromatic nitrogens is 1. The lowest BCUT2D eigenvalue weighted by atomic mass is 10.1. The fourth-order valence-electron chi connectivity index (χ4n) is 3.72. The normalized spacial score (nSPS) is 10.6. The van der Waals surface area contributed by atoms with Crippen LogP contribution in [0.15, 0.2) is 84.9 Å². The van der Waals surface area contributed by atoms with Crippen molar-refractivity contribution >= 4 is 0 Å². The van der Waals surface area contributed by atoms with Gasteiger partial charge in [-0.25, -0.2) is 0 Å². The van der Waals surface area contributed by atoms with Gasteiger partial charge in [0.05, 0.1) is 12.7 Å². The van der Waals surface area contributed by atoms with Crippen molar-refractivity contribution < 1.29 is 4.74 Å². The summed E-state index contributed by atoms with van der Waals surface area (Å²) in [5, 5.41) is 9.89. The molecule has 0 saturated heterocycles. The summed E-state index contributed by atoms with van der Waals surface area (Å²) in [5.74, 6) is 0.833. The van der Waals surface area contributed by atoms with Crippen LogP contribution >= 0.6 is 0 Å². The maximum absolute atomic E-state index is 9.89. The number of ether oxygens (including phenoxy) is 1. The highest BCUT2D eigenvalue weighted by molar-refractivity contribution is 5.65. The Hall–Kier alpha value is -3.77. The standard InChI is InChI=1S/C27H24N2O/c1-20-8-12-23(13-9-20)27-17-24(18-28)26(16-21-10-14-25(30-2)15-11-21)29(27)19-22-6-4-3-5-7-22/h3-15,17H,16,19H2,1-2H3. The lowest BCUT2D eigenvalue weighted by Gasteiger charge is -2.15. The predicted octanol–water partition coefficient (Wildman–Crippen LogP) is 5.98. The molecule has 0 aliphatic heterocycles. The van der Waals surface area contributed by atoms with Crippen molar-refractivity contribution in [3.8, 4) is 23.1 Å². The van der Waals surface area contributed by atoms with Gasteiger partial charge in [-0.1, -0.05) is 72.3 Å². The molecule has 0 amide bonds. The molecule has 0 saturated carbocycles. The van der Waals surface area contributed by atoms with Crippen molar-refractivity contribution in [3.63, 3.8) is 0 Å². The first-order chi connectivity index (χ1) is 14.7. The molecular formula is C27H24N2O. The van der Waals surface area contributed by atoms with Crippen LogP contribution in [0.2, 0.25) is 0 Å². The van der Waals surface area contributed by atoms with Gasteiger partial charge in [-0.05, 0) is 41.8 Å². The highest BCUT2D eigenvalue weighted by Gasteiger charge is 2.17. The number of nitriles is 1. The van der Waals surface area contributed by atoms with Crippen LogP contribution in [0.25, 0.3) is 11.3 Å². The molecule has 148 valence electrons. The van der Waals surface area contributed by atoms with E-state index in [0.717, 1.165) is 40.4 Å². The van der Waals surface area contributed by atoms with Gasteiger partial charge in [-0.3, -0.25) is 0 Å². The number of methoxy groups -OCH3 is 1. The monoisotopic (exact) mass is 392 g/mol. The molecule has 0 fully saturated rings. The number of rotatable bonds is 6. The third-order valence-electron chi connectivity index (χ3n) is 5.39. The van der Waals surface area contributed by atoms with Gasteiger partial charge >= 0.3 is 0 Å². The van der Waals surface area contributed by atoms with Crippen molar-refractivity contribution in [2.75, 3.05) is 7.11 Å². The third kappa shape index (κ3) is 4.14. The molecule has 0 radical (unpaired) electrons. The van der Waals surface area contributed by atoms with Gasteiger partial charge in [0.25, 0.3) is 0 Å². The van der Waals surface area contributed by atoms with E-state index < -0.39 is 0 Å². The molecule has 0 aliphatic rings. The maximum atomic E-state index is 9.89. The number of hydrogen-bond acceptors (Lipinski definition) is 2. The number of hydrogen-bond donors (Lipinski definition) is 0. The van der Waals surface area contributed by atoms with Crippen LogP contribution < -0.4 is 4.74 Å². The molecule has 3 nitrogen and oxygen atoms in total. The predicted molar refractivity (Wildman–Crippen MR) is 121 cm³/mol. The maximum Gasteiger partial charge on any atom is 0.118 e. The van der Waals surface area contributed by atoms with E-state index >= 15 is 0 Å². The van der Waals surface area contributed by atoms with Gasteiger partial charge < -0.3 is 9.30 Å². The van der Waals surface area contributed by atoms with Gasteiger partial charge in [-0.2, -0.15) is 5.26 Å². The highest BCUT2D eigenvalue weighted by atomic mass is 16.5. The fourth-order valence-corrected chi connectivity index (χ4v) is 3.72. The van der Waals surface area contributed by atoms with Crippen molar-refractivity contribution in [1.29, 1.82) is 5.26 Å². The van der Waals surface area contributed by atoms with E-state index in [4.69, 9.17) is 4.74 Å². The summed E-state index contributed by atoms with van der Waals surface area (Å²) in [6.45, 7) is 2.81. The molecular weight excluding hydrogens is 368 g/mol. The van der Waals surface area contributed by atoms with Crippen LogP contribution in [-0.4, -0.2) is 11.7 Å². The average Bonchev–Trinajstić information content (AvgIpc) is 3.12. The lowest BCUT2D eigenvalue weighted by molar-refractivity contribution is 0.414. The Morgan fingerprint density at radius 1 is 0.867 bits per heavy atom. The first-order valence-corrected chi connectivity index (χ1v) is 10.0. The fraction of sp³-hybridized carbons (Fsp3) is 0.148.